The molecule has 8 heteroatoms. The molecule has 0 aliphatic heterocycles. The first-order chi connectivity index (χ1) is 12.7. The van der Waals surface area contributed by atoms with Crippen LogP contribution >= 0.6 is 0 Å². The van der Waals surface area contributed by atoms with Gasteiger partial charge in [0, 0.05) is 24.7 Å². The molecule has 0 unspecified atom stereocenters. The van der Waals surface area contributed by atoms with Crippen LogP contribution in [0.2, 0.25) is 0 Å². The molecule has 2 aromatic rings. The molecule has 0 saturated heterocycles. The summed E-state index contributed by atoms with van der Waals surface area (Å²) in [5.74, 6) is -0.900. The van der Waals surface area contributed by atoms with E-state index in [9.17, 15) is 17.6 Å². The Hall–Kier alpha value is -2.45. The van der Waals surface area contributed by atoms with E-state index in [1.807, 2.05) is 13.8 Å². The standard InChI is InChI=1S/C19H23FN2O4S/c1-4-26-18-8-6-15(12-17(18)20)22-19(23)9-10-21-27(24,25)16-7-5-13(2)14(3)11-16/h5-8,11-12,21H,4,9-10H2,1-3H3,(H,22,23). The van der Waals surface area contributed by atoms with E-state index in [0.717, 1.165) is 17.2 Å². The Kier molecular flexibility index (Phi) is 6.92. The van der Waals surface area contributed by atoms with Gasteiger partial charge in [-0.15, -0.1) is 0 Å². The van der Waals surface area contributed by atoms with Crippen LogP contribution in [-0.2, 0) is 14.8 Å². The fraction of sp³-hybridized carbons (Fsp3) is 0.316. The van der Waals surface area contributed by atoms with Crippen LogP contribution in [0, 0.1) is 19.7 Å². The smallest absolute Gasteiger partial charge is 0.240 e. The van der Waals surface area contributed by atoms with E-state index < -0.39 is 21.7 Å². The Morgan fingerprint density at radius 2 is 1.85 bits per heavy atom. The Labute approximate surface area is 158 Å². The number of benzene rings is 2. The van der Waals surface area contributed by atoms with Crippen LogP contribution in [0.25, 0.3) is 0 Å². The number of ether oxygens (including phenoxy) is 1. The number of hydrogen-bond acceptors (Lipinski definition) is 4. The molecule has 0 radical (unpaired) electrons. The Bertz CT molecular complexity index is 929. The lowest BCUT2D eigenvalue weighted by atomic mass is 10.1. The predicted octanol–water partition coefficient (Wildman–Crippen LogP) is 3.15. The molecule has 0 spiro atoms. The summed E-state index contributed by atoms with van der Waals surface area (Å²) in [6.45, 7) is 5.74. The van der Waals surface area contributed by atoms with Gasteiger partial charge in [0.05, 0.1) is 11.5 Å². The van der Waals surface area contributed by atoms with Crippen molar-refractivity contribution in [2.75, 3.05) is 18.5 Å². The number of sulfonamides is 1. The first kappa shape index (κ1) is 20.9. The quantitative estimate of drug-likeness (QED) is 0.720. The van der Waals surface area contributed by atoms with Crippen molar-refractivity contribution in [3.8, 4) is 5.75 Å². The first-order valence-electron chi connectivity index (χ1n) is 8.52. The molecule has 2 aromatic carbocycles. The van der Waals surface area contributed by atoms with Crippen LogP contribution < -0.4 is 14.8 Å². The van der Waals surface area contributed by atoms with Gasteiger partial charge < -0.3 is 10.1 Å². The van der Waals surface area contributed by atoms with Gasteiger partial charge >= 0.3 is 0 Å². The monoisotopic (exact) mass is 394 g/mol. The average Bonchev–Trinajstić information content (AvgIpc) is 2.59. The Morgan fingerprint density at radius 3 is 2.48 bits per heavy atom. The van der Waals surface area contributed by atoms with Gasteiger partial charge in [-0.2, -0.15) is 0 Å². The highest BCUT2D eigenvalue weighted by Gasteiger charge is 2.15. The van der Waals surface area contributed by atoms with Crippen molar-refractivity contribution in [1.82, 2.24) is 4.72 Å². The zero-order valence-electron chi connectivity index (χ0n) is 15.5. The Balaban J connectivity index is 1.90. The molecule has 0 fully saturated rings. The van der Waals surface area contributed by atoms with E-state index in [2.05, 4.69) is 10.0 Å². The normalized spacial score (nSPS) is 11.3. The number of hydrogen-bond donors (Lipinski definition) is 2. The third-order valence-corrected chi connectivity index (χ3v) is 5.41. The molecule has 146 valence electrons. The minimum absolute atomic E-state index is 0.0688. The highest BCUT2D eigenvalue weighted by molar-refractivity contribution is 7.89. The molecule has 0 heterocycles. The predicted molar refractivity (Wildman–Crippen MR) is 102 cm³/mol. The number of carbonyl (C=O) groups is 1. The van der Waals surface area contributed by atoms with Gasteiger partial charge in [0.25, 0.3) is 0 Å². The third-order valence-electron chi connectivity index (χ3n) is 3.95. The lowest BCUT2D eigenvalue weighted by molar-refractivity contribution is -0.116. The van der Waals surface area contributed by atoms with Crippen LogP contribution in [0.3, 0.4) is 0 Å². The maximum absolute atomic E-state index is 13.8. The SMILES string of the molecule is CCOc1ccc(NC(=O)CCNS(=O)(=O)c2ccc(C)c(C)c2)cc1F. The molecule has 0 saturated carbocycles. The fourth-order valence-electron chi connectivity index (χ4n) is 2.34. The second kappa shape index (κ2) is 8.96. The minimum atomic E-state index is -3.69. The van der Waals surface area contributed by atoms with Gasteiger partial charge in [-0.3, -0.25) is 4.79 Å². The fourth-order valence-corrected chi connectivity index (χ4v) is 3.45. The second-order valence-electron chi connectivity index (χ2n) is 6.02. The molecule has 0 aromatic heterocycles. The number of carbonyl (C=O) groups excluding carboxylic acids is 1. The number of nitrogens with one attached hydrogen (secondary N) is 2. The number of anilines is 1. The summed E-state index contributed by atoms with van der Waals surface area (Å²) in [6, 6.07) is 8.94. The van der Waals surface area contributed by atoms with Crippen molar-refractivity contribution < 1.29 is 22.3 Å². The maximum Gasteiger partial charge on any atom is 0.240 e. The molecular weight excluding hydrogens is 371 g/mol. The lowest BCUT2D eigenvalue weighted by Gasteiger charge is -2.10. The van der Waals surface area contributed by atoms with Gasteiger partial charge in [0.2, 0.25) is 15.9 Å². The number of aryl methyl sites for hydroxylation is 2. The molecule has 0 aliphatic rings. The van der Waals surface area contributed by atoms with E-state index in [1.165, 1.54) is 18.2 Å². The molecule has 1 amide bonds. The van der Waals surface area contributed by atoms with E-state index >= 15 is 0 Å². The molecule has 0 aliphatic carbocycles. The molecule has 2 rings (SSSR count). The first-order valence-corrected chi connectivity index (χ1v) is 10.0. The van der Waals surface area contributed by atoms with Crippen molar-refractivity contribution >= 4 is 21.6 Å². The maximum atomic E-state index is 13.8. The van der Waals surface area contributed by atoms with Gasteiger partial charge in [-0.05, 0) is 56.2 Å². The van der Waals surface area contributed by atoms with Crippen molar-refractivity contribution in [3.63, 3.8) is 0 Å². The van der Waals surface area contributed by atoms with Gasteiger partial charge in [0.15, 0.2) is 11.6 Å². The zero-order chi connectivity index (χ0) is 20.0. The van der Waals surface area contributed by atoms with Crippen molar-refractivity contribution in [3.05, 3.63) is 53.3 Å². The Morgan fingerprint density at radius 1 is 1.11 bits per heavy atom. The number of amides is 1. The summed E-state index contributed by atoms with van der Waals surface area (Å²) in [5.41, 5.74) is 2.14. The molecule has 0 atom stereocenters. The lowest BCUT2D eigenvalue weighted by Crippen LogP contribution is -2.28. The van der Waals surface area contributed by atoms with Crippen LogP contribution in [0.15, 0.2) is 41.3 Å². The van der Waals surface area contributed by atoms with E-state index in [0.29, 0.717) is 6.61 Å². The molecule has 0 bridgehead atoms. The summed E-state index contributed by atoms with van der Waals surface area (Å²) in [6.07, 6.45) is -0.0844. The van der Waals surface area contributed by atoms with Gasteiger partial charge in [-0.1, -0.05) is 6.07 Å². The number of rotatable bonds is 8. The zero-order valence-corrected chi connectivity index (χ0v) is 16.3. The van der Waals surface area contributed by atoms with Crippen LogP contribution in [0.1, 0.15) is 24.5 Å². The van der Waals surface area contributed by atoms with E-state index in [-0.39, 0.29) is 29.3 Å². The van der Waals surface area contributed by atoms with E-state index in [4.69, 9.17) is 4.74 Å². The summed E-state index contributed by atoms with van der Waals surface area (Å²) >= 11 is 0. The summed E-state index contributed by atoms with van der Waals surface area (Å²) in [7, 11) is -3.69. The highest BCUT2D eigenvalue weighted by Crippen LogP contribution is 2.21. The van der Waals surface area contributed by atoms with Crippen molar-refractivity contribution in [2.45, 2.75) is 32.1 Å². The van der Waals surface area contributed by atoms with Crippen molar-refractivity contribution in [1.29, 1.82) is 0 Å². The molecule has 6 nitrogen and oxygen atoms in total. The van der Waals surface area contributed by atoms with Crippen LogP contribution in [0.5, 0.6) is 5.75 Å². The van der Waals surface area contributed by atoms with E-state index in [1.54, 1.807) is 19.1 Å². The molecular formula is C19H23FN2O4S. The molecule has 27 heavy (non-hydrogen) atoms. The summed E-state index contributed by atoms with van der Waals surface area (Å²) < 4.78 is 45.8. The second-order valence-corrected chi connectivity index (χ2v) is 7.79. The van der Waals surface area contributed by atoms with Crippen molar-refractivity contribution in [2.24, 2.45) is 0 Å². The van der Waals surface area contributed by atoms with Gasteiger partial charge in [0.1, 0.15) is 0 Å². The van der Waals surface area contributed by atoms with Crippen LogP contribution in [-0.4, -0.2) is 27.5 Å². The minimum Gasteiger partial charge on any atom is -0.491 e. The summed E-state index contributed by atoms with van der Waals surface area (Å²) in [4.78, 5) is 12.1. The van der Waals surface area contributed by atoms with Crippen LogP contribution in [0.4, 0.5) is 10.1 Å². The number of halogens is 1. The average molecular weight is 394 g/mol. The highest BCUT2D eigenvalue weighted by atomic mass is 32.2. The molecule has 2 N–H and O–H groups in total. The topological polar surface area (TPSA) is 84.5 Å². The summed E-state index contributed by atoms with van der Waals surface area (Å²) in [5, 5.41) is 2.53. The van der Waals surface area contributed by atoms with Gasteiger partial charge in [-0.25, -0.2) is 17.5 Å². The third kappa shape index (κ3) is 5.77. The largest absolute Gasteiger partial charge is 0.491 e.